The van der Waals surface area contributed by atoms with Crippen LogP contribution >= 0.6 is 0 Å². The van der Waals surface area contributed by atoms with Crippen LogP contribution in [0.3, 0.4) is 0 Å². The summed E-state index contributed by atoms with van der Waals surface area (Å²) in [6, 6.07) is -0.0770. The predicted octanol–water partition coefficient (Wildman–Crippen LogP) is 0.0343. The summed E-state index contributed by atoms with van der Waals surface area (Å²) in [4.78, 5) is 14.4. The molecule has 0 unspecified atom stereocenters. The topological polar surface area (TPSA) is 73.7 Å². The minimum Gasteiger partial charge on any atom is -0.465 e. The summed E-state index contributed by atoms with van der Waals surface area (Å²) in [7, 11) is 0. The molecule has 68 valence electrons. The third-order valence-corrected chi connectivity index (χ3v) is 1.61. The smallest absolute Gasteiger partial charge is 0.404 e. The Morgan fingerprint density at radius 2 is 2.67 bits per heavy atom. The summed E-state index contributed by atoms with van der Waals surface area (Å²) >= 11 is 0. The van der Waals surface area contributed by atoms with Crippen molar-refractivity contribution in [2.24, 2.45) is 4.99 Å². The van der Waals surface area contributed by atoms with E-state index in [-0.39, 0.29) is 6.04 Å². The van der Waals surface area contributed by atoms with E-state index in [1.54, 1.807) is 0 Å². The van der Waals surface area contributed by atoms with Crippen LogP contribution < -0.4 is 10.6 Å². The van der Waals surface area contributed by atoms with E-state index < -0.39 is 6.09 Å². The highest BCUT2D eigenvalue weighted by atomic mass is 16.4. The van der Waals surface area contributed by atoms with Crippen LogP contribution in [-0.4, -0.2) is 36.2 Å². The normalized spacial score (nSPS) is 17.9. The third kappa shape index (κ3) is 2.77. The van der Waals surface area contributed by atoms with Gasteiger partial charge >= 0.3 is 6.09 Å². The highest BCUT2D eigenvalue weighted by molar-refractivity contribution is 5.84. The van der Waals surface area contributed by atoms with Crippen LogP contribution in [0.4, 0.5) is 4.79 Å². The molecule has 0 aromatic carbocycles. The minimum absolute atomic E-state index is 0.0770. The second-order valence-electron chi connectivity index (χ2n) is 2.81. The van der Waals surface area contributed by atoms with Crippen molar-refractivity contribution in [3.63, 3.8) is 0 Å². The molecule has 5 nitrogen and oxygen atoms in total. The Morgan fingerprint density at radius 3 is 3.17 bits per heavy atom. The Labute approximate surface area is 70.9 Å². The molecule has 0 radical (unpaired) electrons. The first-order chi connectivity index (χ1) is 5.68. The van der Waals surface area contributed by atoms with E-state index in [0.717, 1.165) is 18.9 Å². The molecule has 0 saturated carbocycles. The second-order valence-corrected chi connectivity index (χ2v) is 2.81. The van der Waals surface area contributed by atoms with E-state index in [1.165, 1.54) is 0 Å². The maximum atomic E-state index is 10.2. The lowest BCUT2D eigenvalue weighted by Gasteiger charge is -2.10. The molecule has 12 heavy (non-hydrogen) atoms. The summed E-state index contributed by atoms with van der Waals surface area (Å²) in [5.41, 5.74) is 0. The molecular formula is C7H13N3O2. The quantitative estimate of drug-likeness (QED) is 0.561. The maximum absolute atomic E-state index is 10.2. The average molecular weight is 171 g/mol. The largest absolute Gasteiger partial charge is 0.465 e. The molecule has 0 spiro atoms. The first-order valence-electron chi connectivity index (χ1n) is 3.95. The van der Waals surface area contributed by atoms with E-state index in [9.17, 15) is 4.79 Å². The third-order valence-electron chi connectivity index (χ3n) is 1.61. The van der Waals surface area contributed by atoms with Gasteiger partial charge in [-0.1, -0.05) is 0 Å². The van der Waals surface area contributed by atoms with Crippen LogP contribution in [0.5, 0.6) is 0 Å². The van der Waals surface area contributed by atoms with Crippen LogP contribution in [0.1, 0.15) is 13.3 Å². The van der Waals surface area contributed by atoms with E-state index in [2.05, 4.69) is 15.6 Å². The van der Waals surface area contributed by atoms with Crippen molar-refractivity contribution in [3.05, 3.63) is 0 Å². The molecule has 1 atom stereocenters. The van der Waals surface area contributed by atoms with E-state index in [0.29, 0.717) is 6.42 Å². The van der Waals surface area contributed by atoms with Gasteiger partial charge in [-0.3, -0.25) is 4.99 Å². The van der Waals surface area contributed by atoms with Crippen LogP contribution in [0.25, 0.3) is 0 Å². The zero-order chi connectivity index (χ0) is 8.97. The van der Waals surface area contributed by atoms with Gasteiger partial charge in [0.25, 0.3) is 0 Å². The number of hydrogen-bond donors (Lipinski definition) is 3. The summed E-state index contributed by atoms with van der Waals surface area (Å²) in [5.74, 6) is 0.899. The number of rotatable bonds is 3. The van der Waals surface area contributed by atoms with Crippen molar-refractivity contribution >= 4 is 11.9 Å². The van der Waals surface area contributed by atoms with Gasteiger partial charge < -0.3 is 15.7 Å². The molecular weight excluding hydrogens is 158 g/mol. The van der Waals surface area contributed by atoms with Gasteiger partial charge in [0.05, 0.1) is 12.4 Å². The molecule has 0 aliphatic carbocycles. The lowest BCUT2D eigenvalue weighted by Crippen LogP contribution is -2.35. The molecule has 1 rings (SSSR count). The summed E-state index contributed by atoms with van der Waals surface area (Å²) < 4.78 is 0. The van der Waals surface area contributed by atoms with Gasteiger partial charge in [-0.15, -0.1) is 0 Å². The Hall–Kier alpha value is -1.26. The Bertz CT molecular complexity index is 203. The zero-order valence-electron chi connectivity index (χ0n) is 7.00. The highest BCUT2D eigenvalue weighted by Crippen LogP contribution is 1.96. The molecule has 1 aliphatic rings. The standard InChI is InChI=1S/C7H13N3O2/c1-5(10-7(11)12)4-6-8-2-3-9-6/h5,10H,2-4H2,1H3,(H,8,9)(H,11,12)/t5-/m0/s1. The van der Waals surface area contributed by atoms with E-state index in [4.69, 9.17) is 5.11 Å². The number of carbonyl (C=O) groups is 1. The van der Waals surface area contributed by atoms with Gasteiger partial charge in [-0.05, 0) is 6.92 Å². The summed E-state index contributed by atoms with van der Waals surface area (Å²) in [6.45, 7) is 3.49. The number of aliphatic imine (C=N–C) groups is 1. The van der Waals surface area contributed by atoms with Gasteiger partial charge in [0.15, 0.2) is 0 Å². The van der Waals surface area contributed by atoms with Gasteiger partial charge in [-0.2, -0.15) is 0 Å². The molecule has 5 heteroatoms. The van der Waals surface area contributed by atoms with Crippen molar-refractivity contribution in [3.8, 4) is 0 Å². The molecule has 0 aromatic rings. The highest BCUT2D eigenvalue weighted by Gasteiger charge is 2.11. The summed E-state index contributed by atoms with van der Waals surface area (Å²) in [6.07, 6.45) is -0.340. The number of nitrogens with zero attached hydrogens (tertiary/aromatic N) is 1. The summed E-state index contributed by atoms with van der Waals surface area (Å²) in [5, 5.41) is 13.8. The molecule has 1 amide bonds. The lowest BCUT2D eigenvalue weighted by atomic mass is 10.2. The van der Waals surface area contributed by atoms with Crippen molar-refractivity contribution in [1.82, 2.24) is 10.6 Å². The zero-order valence-corrected chi connectivity index (χ0v) is 7.00. The Balaban J connectivity index is 2.25. The van der Waals surface area contributed by atoms with Crippen LogP contribution in [0.15, 0.2) is 4.99 Å². The number of nitrogens with one attached hydrogen (secondary N) is 2. The second kappa shape index (κ2) is 3.94. The Kier molecular flexibility index (Phi) is 2.90. The maximum Gasteiger partial charge on any atom is 0.404 e. The minimum atomic E-state index is -0.985. The van der Waals surface area contributed by atoms with Gasteiger partial charge in [-0.25, -0.2) is 4.79 Å². The van der Waals surface area contributed by atoms with Gasteiger partial charge in [0.1, 0.15) is 0 Å². The molecule has 1 heterocycles. The fourth-order valence-corrected chi connectivity index (χ4v) is 1.14. The monoisotopic (exact) mass is 171 g/mol. The number of amidine groups is 1. The predicted molar refractivity (Wildman–Crippen MR) is 45.5 cm³/mol. The van der Waals surface area contributed by atoms with Crippen LogP contribution in [0, 0.1) is 0 Å². The van der Waals surface area contributed by atoms with Gasteiger partial charge in [0, 0.05) is 19.0 Å². The van der Waals surface area contributed by atoms with Crippen LogP contribution in [0.2, 0.25) is 0 Å². The molecule has 0 fully saturated rings. The first-order valence-corrected chi connectivity index (χ1v) is 3.95. The lowest BCUT2D eigenvalue weighted by molar-refractivity contribution is 0.191. The van der Waals surface area contributed by atoms with Crippen molar-refractivity contribution in [2.45, 2.75) is 19.4 Å². The number of amides is 1. The molecule has 3 N–H and O–H groups in total. The molecule has 1 aliphatic heterocycles. The fourth-order valence-electron chi connectivity index (χ4n) is 1.14. The fraction of sp³-hybridized carbons (Fsp3) is 0.714. The average Bonchev–Trinajstić information content (AvgIpc) is 2.37. The van der Waals surface area contributed by atoms with Crippen molar-refractivity contribution < 1.29 is 9.90 Å². The Morgan fingerprint density at radius 1 is 1.92 bits per heavy atom. The van der Waals surface area contributed by atoms with Crippen molar-refractivity contribution in [2.75, 3.05) is 13.1 Å². The first kappa shape index (κ1) is 8.83. The molecule has 0 bridgehead atoms. The number of hydrogen-bond acceptors (Lipinski definition) is 3. The van der Waals surface area contributed by atoms with E-state index in [1.807, 2.05) is 6.92 Å². The van der Waals surface area contributed by atoms with Gasteiger partial charge in [0.2, 0.25) is 0 Å². The molecule has 0 aromatic heterocycles. The SMILES string of the molecule is C[C@@H](CC1=NCCN1)NC(=O)O. The van der Waals surface area contributed by atoms with Crippen molar-refractivity contribution in [1.29, 1.82) is 0 Å². The van der Waals surface area contributed by atoms with E-state index >= 15 is 0 Å². The van der Waals surface area contributed by atoms with Crippen LogP contribution in [-0.2, 0) is 0 Å². The number of carboxylic acid groups (broad SMARTS) is 1. The molecule has 0 saturated heterocycles.